The summed E-state index contributed by atoms with van der Waals surface area (Å²) >= 11 is 3.85. The normalized spacial score (nSPS) is 26.9. The highest BCUT2D eigenvalue weighted by molar-refractivity contribution is 9.09. The molecule has 1 heteroatoms. The Morgan fingerprint density at radius 1 is 1.10 bits per heavy atom. The van der Waals surface area contributed by atoms with Gasteiger partial charge in [-0.15, -0.1) is 0 Å². The number of hydrogen-bond donors (Lipinski definition) is 0. The zero-order chi connectivity index (χ0) is 15.7. The molecule has 0 amide bonds. The molecule has 1 saturated carbocycles. The minimum atomic E-state index is 0.469. The Labute approximate surface area is 139 Å². The van der Waals surface area contributed by atoms with Gasteiger partial charge in [0.2, 0.25) is 0 Å². The number of rotatable bonds is 3. The SMILES string of the molecule is Cc1cccc(C)c1CC1(CBr)CCC(C(C)(C)C)CC1. The van der Waals surface area contributed by atoms with Crippen LogP contribution in [0.1, 0.15) is 63.1 Å². The van der Waals surface area contributed by atoms with Gasteiger partial charge < -0.3 is 0 Å². The zero-order valence-corrected chi connectivity index (χ0v) is 16.0. The van der Waals surface area contributed by atoms with Gasteiger partial charge >= 0.3 is 0 Å². The summed E-state index contributed by atoms with van der Waals surface area (Å²) in [7, 11) is 0. The predicted molar refractivity (Wildman–Crippen MR) is 97.3 cm³/mol. The van der Waals surface area contributed by atoms with E-state index in [0.29, 0.717) is 10.8 Å². The maximum atomic E-state index is 3.85. The van der Waals surface area contributed by atoms with Crippen LogP contribution >= 0.6 is 15.9 Å². The van der Waals surface area contributed by atoms with E-state index in [1.165, 1.54) is 43.2 Å². The van der Waals surface area contributed by atoms with E-state index in [9.17, 15) is 0 Å². The van der Waals surface area contributed by atoms with E-state index in [4.69, 9.17) is 0 Å². The first kappa shape index (κ1) is 17.1. The standard InChI is InChI=1S/C20H31Br/c1-15-7-6-8-16(2)18(15)13-20(14-21)11-9-17(10-12-20)19(3,4)5/h6-8,17H,9-14H2,1-5H3. The Bertz CT molecular complexity index is 453. The molecule has 0 N–H and O–H groups in total. The molecule has 0 aliphatic heterocycles. The van der Waals surface area contributed by atoms with Crippen LogP contribution in [0.3, 0.4) is 0 Å². The molecule has 0 heterocycles. The van der Waals surface area contributed by atoms with Crippen LogP contribution in [0.4, 0.5) is 0 Å². The molecule has 118 valence electrons. The Hall–Kier alpha value is -0.300. The molecule has 0 aromatic heterocycles. The molecule has 0 saturated heterocycles. The van der Waals surface area contributed by atoms with Gasteiger partial charge in [0.1, 0.15) is 0 Å². The van der Waals surface area contributed by atoms with Gasteiger partial charge in [0.05, 0.1) is 0 Å². The maximum Gasteiger partial charge on any atom is 0.00911 e. The first-order valence-electron chi connectivity index (χ1n) is 8.38. The van der Waals surface area contributed by atoms with Gasteiger partial charge in [-0.3, -0.25) is 0 Å². The minimum absolute atomic E-state index is 0.469. The fourth-order valence-corrected chi connectivity index (χ4v) is 4.72. The molecule has 0 spiro atoms. The molecule has 0 nitrogen and oxygen atoms in total. The summed E-state index contributed by atoms with van der Waals surface area (Å²) in [5.41, 5.74) is 5.46. The minimum Gasteiger partial charge on any atom is -0.0922 e. The molecule has 0 atom stereocenters. The second-order valence-electron chi connectivity index (χ2n) is 8.32. The van der Waals surface area contributed by atoms with Crippen LogP contribution in [0.5, 0.6) is 0 Å². The van der Waals surface area contributed by atoms with Crippen LogP contribution in [0, 0.1) is 30.6 Å². The van der Waals surface area contributed by atoms with E-state index < -0.39 is 0 Å². The van der Waals surface area contributed by atoms with Gasteiger partial charge in [-0.2, -0.15) is 0 Å². The van der Waals surface area contributed by atoms with Crippen molar-refractivity contribution in [3.8, 4) is 0 Å². The average Bonchev–Trinajstić information content (AvgIpc) is 2.43. The van der Waals surface area contributed by atoms with Gasteiger partial charge in [0.15, 0.2) is 0 Å². The molecule has 1 aromatic rings. The van der Waals surface area contributed by atoms with Crippen molar-refractivity contribution in [3.05, 3.63) is 34.9 Å². The van der Waals surface area contributed by atoms with Crippen molar-refractivity contribution in [2.45, 2.75) is 66.7 Å². The molecule has 21 heavy (non-hydrogen) atoms. The van der Waals surface area contributed by atoms with Crippen LogP contribution in [0.25, 0.3) is 0 Å². The first-order chi connectivity index (χ1) is 9.77. The van der Waals surface area contributed by atoms with Crippen molar-refractivity contribution in [2.75, 3.05) is 5.33 Å². The lowest BCUT2D eigenvalue weighted by Crippen LogP contribution is -2.35. The fourth-order valence-electron chi connectivity index (χ4n) is 3.96. The second-order valence-corrected chi connectivity index (χ2v) is 8.88. The fraction of sp³-hybridized carbons (Fsp3) is 0.700. The molecular weight excluding hydrogens is 320 g/mol. The van der Waals surface area contributed by atoms with Crippen molar-refractivity contribution >= 4 is 15.9 Å². The highest BCUT2D eigenvalue weighted by Gasteiger charge is 2.38. The summed E-state index contributed by atoms with van der Waals surface area (Å²) in [4.78, 5) is 0. The summed E-state index contributed by atoms with van der Waals surface area (Å²) in [6.45, 7) is 11.8. The van der Waals surface area contributed by atoms with Crippen LogP contribution in [0.2, 0.25) is 0 Å². The molecule has 2 rings (SSSR count). The molecule has 1 fully saturated rings. The second kappa shape index (κ2) is 6.44. The molecule has 0 bridgehead atoms. The highest BCUT2D eigenvalue weighted by atomic mass is 79.9. The summed E-state index contributed by atoms with van der Waals surface area (Å²) in [6.07, 6.45) is 6.76. The van der Waals surface area contributed by atoms with E-state index in [2.05, 4.69) is 68.7 Å². The third-order valence-corrected chi connectivity index (χ3v) is 6.94. The van der Waals surface area contributed by atoms with Crippen LogP contribution in [-0.4, -0.2) is 5.33 Å². The van der Waals surface area contributed by atoms with Crippen molar-refractivity contribution in [1.82, 2.24) is 0 Å². The smallest absolute Gasteiger partial charge is 0.00911 e. The summed E-state index contributed by atoms with van der Waals surface area (Å²) < 4.78 is 0. The van der Waals surface area contributed by atoms with Gasteiger partial charge in [0.25, 0.3) is 0 Å². The third-order valence-electron chi connectivity index (χ3n) is 5.75. The summed E-state index contributed by atoms with van der Waals surface area (Å²) in [5.74, 6) is 0.891. The lowest BCUT2D eigenvalue weighted by Gasteiger charge is -2.44. The molecule has 1 aliphatic rings. The van der Waals surface area contributed by atoms with Crippen molar-refractivity contribution in [2.24, 2.45) is 16.7 Å². The first-order valence-corrected chi connectivity index (χ1v) is 9.51. The van der Waals surface area contributed by atoms with E-state index >= 15 is 0 Å². The Kier molecular flexibility index (Phi) is 5.23. The predicted octanol–water partition coefficient (Wildman–Crippen LogP) is 6.46. The van der Waals surface area contributed by atoms with Crippen LogP contribution < -0.4 is 0 Å². The molecular formula is C20H31Br. The Morgan fingerprint density at radius 3 is 2.05 bits per heavy atom. The van der Waals surface area contributed by atoms with Crippen molar-refractivity contribution in [1.29, 1.82) is 0 Å². The van der Waals surface area contributed by atoms with Crippen LogP contribution in [-0.2, 0) is 6.42 Å². The van der Waals surface area contributed by atoms with Gasteiger partial charge in [0, 0.05) is 5.33 Å². The van der Waals surface area contributed by atoms with Gasteiger partial charge in [-0.25, -0.2) is 0 Å². The molecule has 0 unspecified atom stereocenters. The lowest BCUT2D eigenvalue weighted by molar-refractivity contribution is 0.103. The lowest BCUT2D eigenvalue weighted by atomic mass is 9.63. The number of benzene rings is 1. The Balaban J connectivity index is 2.14. The van der Waals surface area contributed by atoms with Gasteiger partial charge in [-0.05, 0) is 79.4 Å². The molecule has 1 aliphatic carbocycles. The van der Waals surface area contributed by atoms with Crippen molar-refractivity contribution < 1.29 is 0 Å². The summed E-state index contributed by atoms with van der Waals surface area (Å²) in [5, 5.41) is 1.14. The molecule has 1 aromatic carbocycles. The average molecular weight is 351 g/mol. The molecule has 0 radical (unpaired) electrons. The number of alkyl halides is 1. The third kappa shape index (κ3) is 3.92. The monoisotopic (exact) mass is 350 g/mol. The van der Waals surface area contributed by atoms with Gasteiger partial charge in [-0.1, -0.05) is 54.9 Å². The Morgan fingerprint density at radius 2 is 1.62 bits per heavy atom. The topological polar surface area (TPSA) is 0 Å². The van der Waals surface area contributed by atoms with E-state index in [1.807, 2.05) is 0 Å². The largest absolute Gasteiger partial charge is 0.0922 e. The number of halogens is 1. The highest BCUT2D eigenvalue weighted by Crippen LogP contribution is 2.48. The van der Waals surface area contributed by atoms with Crippen molar-refractivity contribution in [3.63, 3.8) is 0 Å². The van der Waals surface area contributed by atoms with Crippen LogP contribution in [0.15, 0.2) is 18.2 Å². The number of aryl methyl sites for hydroxylation is 2. The number of hydrogen-bond acceptors (Lipinski definition) is 0. The maximum absolute atomic E-state index is 3.85. The van der Waals surface area contributed by atoms with E-state index in [-0.39, 0.29) is 0 Å². The zero-order valence-electron chi connectivity index (χ0n) is 14.4. The summed E-state index contributed by atoms with van der Waals surface area (Å²) in [6, 6.07) is 6.72. The van der Waals surface area contributed by atoms with E-state index in [1.54, 1.807) is 5.56 Å². The quantitative estimate of drug-likeness (QED) is 0.548. The van der Waals surface area contributed by atoms with E-state index in [0.717, 1.165) is 11.2 Å².